The summed E-state index contributed by atoms with van der Waals surface area (Å²) in [5.74, 6) is -1.19. The lowest BCUT2D eigenvalue weighted by atomic mass is 10.1. The number of nitrogens with zero attached hydrogens (tertiary/aromatic N) is 2. The molecule has 7 heteroatoms. The van der Waals surface area contributed by atoms with Gasteiger partial charge < -0.3 is 14.6 Å². The number of benzene rings is 1. The van der Waals surface area contributed by atoms with Crippen molar-refractivity contribution in [1.82, 2.24) is 14.8 Å². The Morgan fingerprint density at radius 2 is 2.04 bits per heavy atom. The highest BCUT2D eigenvalue weighted by molar-refractivity contribution is 6.15. The molecule has 1 N–H and O–H groups in total. The molecule has 0 unspecified atom stereocenters. The summed E-state index contributed by atoms with van der Waals surface area (Å²) in [4.78, 5) is 36.4. The monoisotopic (exact) mass is 327 g/mol. The summed E-state index contributed by atoms with van der Waals surface area (Å²) in [5.41, 5.74) is 2.02. The predicted octanol–water partition coefficient (Wildman–Crippen LogP) is 1.73. The van der Waals surface area contributed by atoms with Crippen LogP contribution >= 0.6 is 0 Å². The van der Waals surface area contributed by atoms with Crippen LogP contribution in [0.1, 0.15) is 12.5 Å². The summed E-state index contributed by atoms with van der Waals surface area (Å²) in [5, 5.41) is 3.49. The van der Waals surface area contributed by atoms with Gasteiger partial charge in [0.15, 0.2) is 0 Å². The van der Waals surface area contributed by atoms with Crippen LogP contribution < -0.4 is 5.32 Å². The number of hydrogen-bond donors (Lipinski definition) is 1. The van der Waals surface area contributed by atoms with Crippen molar-refractivity contribution in [3.8, 4) is 0 Å². The van der Waals surface area contributed by atoms with Crippen molar-refractivity contribution in [2.24, 2.45) is 0 Å². The Kier molecular flexibility index (Phi) is 4.07. The van der Waals surface area contributed by atoms with E-state index < -0.39 is 24.5 Å². The van der Waals surface area contributed by atoms with Gasteiger partial charge in [-0.15, -0.1) is 0 Å². The number of amides is 3. The summed E-state index contributed by atoms with van der Waals surface area (Å²) in [7, 11) is 1.21. The van der Waals surface area contributed by atoms with Gasteiger partial charge in [0, 0.05) is 29.2 Å². The second-order valence-electron chi connectivity index (χ2n) is 5.34. The van der Waals surface area contributed by atoms with E-state index in [9.17, 15) is 14.4 Å². The molecule has 3 rings (SSSR count). The lowest BCUT2D eigenvalue weighted by Gasteiger charge is -2.08. The van der Waals surface area contributed by atoms with E-state index in [0.717, 1.165) is 27.9 Å². The Labute approximate surface area is 138 Å². The zero-order chi connectivity index (χ0) is 17.3. The fraction of sp³-hybridized carbons (Fsp3) is 0.235. The van der Waals surface area contributed by atoms with Crippen molar-refractivity contribution >= 4 is 34.9 Å². The Balaban J connectivity index is 1.97. The number of para-hydroxylation sites is 1. The van der Waals surface area contributed by atoms with Crippen molar-refractivity contribution in [1.29, 1.82) is 0 Å². The highest BCUT2D eigenvalue weighted by Gasteiger charge is 2.35. The van der Waals surface area contributed by atoms with Gasteiger partial charge in [-0.2, -0.15) is 0 Å². The van der Waals surface area contributed by atoms with Gasteiger partial charge in [-0.25, -0.2) is 9.69 Å². The van der Waals surface area contributed by atoms with Crippen molar-refractivity contribution in [3.63, 3.8) is 0 Å². The molecule has 1 aromatic carbocycles. The van der Waals surface area contributed by atoms with E-state index >= 15 is 0 Å². The lowest BCUT2D eigenvalue weighted by molar-refractivity contribution is -0.143. The van der Waals surface area contributed by atoms with Crippen LogP contribution in [0.15, 0.2) is 36.2 Å². The van der Waals surface area contributed by atoms with Gasteiger partial charge in [0.25, 0.3) is 5.91 Å². The maximum atomic E-state index is 12.3. The topological polar surface area (TPSA) is 80.6 Å². The van der Waals surface area contributed by atoms with Gasteiger partial charge in [0.1, 0.15) is 12.2 Å². The summed E-state index contributed by atoms with van der Waals surface area (Å²) >= 11 is 0. The quantitative estimate of drug-likeness (QED) is 0.527. The molecule has 2 heterocycles. The Morgan fingerprint density at radius 3 is 2.75 bits per heavy atom. The number of urea groups is 1. The Bertz CT molecular complexity index is 866. The molecule has 0 aliphatic carbocycles. The van der Waals surface area contributed by atoms with Gasteiger partial charge in [-0.05, 0) is 19.1 Å². The number of rotatable bonds is 4. The van der Waals surface area contributed by atoms with E-state index in [1.165, 1.54) is 7.11 Å². The molecule has 0 spiro atoms. The average molecular weight is 327 g/mol. The first kappa shape index (κ1) is 15.8. The molecule has 0 atom stereocenters. The smallest absolute Gasteiger partial charge is 0.329 e. The molecule has 124 valence electrons. The minimum absolute atomic E-state index is 0.142. The number of ether oxygens (including phenoxy) is 1. The lowest BCUT2D eigenvalue weighted by Crippen LogP contribution is -2.36. The number of hydrogen-bond acceptors (Lipinski definition) is 4. The van der Waals surface area contributed by atoms with Crippen molar-refractivity contribution < 1.29 is 19.1 Å². The summed E-state index contributed by atoms with van der Waals surface area (Å²) in [6.45, 7) is 2.41. The average Bonchev–Trinajstić information content (AvgIpc) is 3.07. The van der Waals surface area contributed by atoms with E-state index in [4.69, 9.17) is 0 Å². The van der Waals surface area contributed by atoms with Crippen LogP contribution in [0.3, 0.4) is 0 Å². The van der Waals surface area contributed by atoms with Crippen LogP contribution in [0.4, 0.5) is 4.79 Å². The normalized spacial score (nSPS) is 16.1. The molecule has 0 saturated carbocycles. The first-order chi connectivity index (χ1) is 11.5. The van der Waals surface area contributed by atoms with Gasteiger partial charge in [0.05, 0.1) is 7.11 Å². The molecule has 1 fully saturated rings. The van der Waals surface area contributed by atoms with E-state index in [2.05, 4.69) is 14.6 Å². The third-order valence-corrected chi connectivity index (χ3v) is 3.94. The minimum atomic E-state index is -0.651. The molecule has 1 saturated heterocycles. The van der Waals surface area contributed by atoms with E-state index in [0.29, 0.717) is 0 Å². The first-order valence-electron chi connectivity index (χ1n) is 7.54. The van der Waals surface area contributed by atoms with Gasteiger partial charge in [0.2, 0.25) is 0 Å². The van der Waals surface area contributed by atoms with Crippen LogP contribution in [0, 0.1) is 0 Å². The number of carbonyl (C=O) groups excluding carboxylic acids is 3. The molecule has 24 heavy (non-hydrogen) atoms. The number of carbonyl (C=O) groups is 3. The number of esters is 1. The first-order valence-corrected chi connectivity index (χ1v) is 7.54. The third kappa shape index (κ3) is 2.64. The second-order valence-corrected chi connectivity index (χ2v) is 5.34. The fourth-order valence-electron chi connectivity index (χ4n) is 2.72. The number of aryl methyl sites for hydroxylation is 1. The molecule has 1 aromatic heterocycles. The van der Waals surface area contributed by atoms with Crippen molar-refractivity contribution in [2.45, 2.75) is 13.5 Å². The zero-order valence-corrected chi connectivity index (χ0v) is 13.4. The van der Waals surface area contributed by atoms with Crippen LogP contribution in [-0.2, 0) is 20.9 Å². The van der Waals surface area contributed by atoms with Crippen LogP contribution in [0.25, 0.3) is 17.0 Å². The van der Waals surface area contributed by atoms with Crippen molar-refractivity contribution in [3.05, 3.63) is 41.7 Å². The Hall–Kier alpha value is -3.09. The van der Waals surface area contributed by atoms with E-state index in [1.807, 2.05) is 37.4 Å². The molecular formula is C17H17N3O4. The number of methoxy groups -OCH3 is 1. The molecular weight excluding hydrogens is 310 g/mol. The SMILES string of the molecule is CCn1cc(/C=C2/NC(=O)N(CC(=O)OC)C2=O)c2ccccc21. The van der Waals surface area contributed by atoms with Crippen molar-refractivity contribution in [2.75, 3.05) is 13.7 Å². The highest BCUT2D eigenvalue weighted by atomic mass is 16.5. The number of fused-ring (bicyclic) bond motifs is 1. The van der Waals surface area contributed by atoms with Crippen LogP contribution in [0.2, 0.25) is 0 Å². The van der Waals surface area contributed by atoms with Gasteiger partial charge in [-0.1, -0.05) is 18.2 Å². The molecule has 1 aliphatic rings. The fourth-order valence-corrected chi connectivity index (χ4v) is 2.72. The van der Waals surface area contributed by atoms with E-state index in [1.54, 1.807) is 6.08 Å². The molecule has 3 amide bonds. The molecule has 0 bridgehead atoms. The van der Waals surface area contributed by atoms with Crippen LogP contribution in [0.5, 0.6) is 0 Å². The standard InChI is InChI=1S/C17H17N3O4/c1-3-19-9-11(12-6-4-5-7-14(12)19)8-13-16(22)20(17(23)18-13)10-15(21)24-2/h4-9H,3,10H2,1-2H3,(H,18,23)/b13-8+. The second kappa shape index (κ2) is 6.19. The van der Waals surface area contributed by atoms with Crippen LogP contribution in [-0.4, -0.2) is 41.0 Å². The third-order valence-electron chi connectivity index (χ3n) is 3.94. The number of imide groups is 1. The van der Waals surface area contributed by atoms with Gasteiger partial charge in [-0.3, -0.25) is 9.59 Å². The number of nitrogens with one attached hydrogen (secondary N) is 1. The molecule has 7 nitrogen and oxygen atoms in total. The summed E-state index contributed by atoms with van der Waals surface area (Å²) < 4.78 is 6.57. The molecule has 1 aliphatic heterocycles. The summed E-state index contributed by atoms with van der Waals surface area (Å²) in [6.07, 6.45) is 3.56. The van der Waals surface area contributed by atoms with E-state index in [-0.39, 0.29) is 5.70 Å². The number of aromatic nitrogens is 1. The van der Waals surface area contributed by atoms with Gasteiger partial charge >= 0.3 is 12.0 Å². The Morgan fingerprint density at radius 1 is 1.29 bits per heavy atom. The minimum Gasteiger partial charge on any atom is -0.468 e. The zero-order valence-electron chi connectivity index (χ0n) is 13.4. The molecule has 0 radical (unpaired) electrons. The molecule has 2 aromatic rings. The maximum absolute atomic E-state index is 12.3. The predicted molar refractivity (Wildman–Crippen MR) is 87.8 cm³/mol. The summed E-state index contributed by atoms with van der Waals surface area (Å²) in [6, 6.07) is 7.20. The largest absolute Gasteiger partial charge is 0.468 e. The highest BCUT2D eigenvalue weighted by Crippen LogP contribution is 2.24. The maximum Gasteiger partial charge on any atom is 0.329 e.